The molecule has 0 aromatic rings. The highest BCUT2D eigenvalue weighted by Gasteiger charge is 2.55. The molecule has 1 saturated heterocycles. The highest BCUT2D eigenvalue weighted by atomic mass is 16.5. The molecule has 94 valence electrons. The number of carbonyl (C=O) groups excluding carboxylic acids is 1. The lowest BCUT2D eigenvalue weighted by atomic mass is 9.49. The van der Waals surface area contributed by atoms with E-state index in [2.05, 4.69) is 26.8 Å². The first-order chi connectivity index (χ1) is 7.95. The summed E-state index contributed by atoms with van der Waals surface area (Å²) in [6.07, 6.45) is 7.08. The van der Waals surface area contributed by atoms with Crippen LogP contribution in [-0.2, 0) is 9.53 Å². The molecule has 0 aromatic carbocycles. The number of hydrogen-bond donors (Lipinski definition) is 0. The molecule has 1 saturated carbocycles. The highest BCUT2D eigenvalue weighted by Crippen LogP contribution is 2.60. The third-order valence-corrected chi connectivity index (χ3v) is 5.64. The molecule has 1 aliphatic heterocycles. The van der Waals surface area contributed by atoms with E-state index in [1.807, 2.05) is 0 Å². The van der Waals surface area contributed by atoms with Crippen LogP contribution in [0.2, 0.25) is 0 Å². The van der Waals surface area contributed by atoms with E-state index in [0.717, 1.165) is 12.0 Å². The zero-order valence-corrected chi connectivity index (χ0v) is 11.1. The fraction of sp³-hybridized carbons (Fsp3) is 0.800. The second kappa shape index (κ2) is 3.37. The minimum absolute atomic E-state index is 0.0574. The van der Waals surface area contributed by atoms with E-state index < -0.39 is 0 Å². The maximum atomic E-state index is 11.7. The minimum Gasteiger partial charge on any atom is -0.462 e. The number of rotatable bonds is 0. The molecule has 0 amide bonds. The Labute approximate surface area is 103 Å². The van der Waals surface area contributed by atoms with Gasteiger partial charge in [-0.15, -0.1) is 0 Å². The van der Waals surface area contributed by atoms with E-state index in [9.17, 15) is 4.79 Å². The van der Waals surface area contributed by atoms with Crippen molar-refractivity contribution in [3.8, 4) is 0 Å². The van der Waals surface area contributed by atoms with Gasteiger partial charge in [0, 0.05) is 11.5 Å². The first-order valence-corrected chi connectivity index (χ1v) is 6.82. The van der Waals surface area contributed by atoms with Crippen molar-refractivity contribution in [3.05, 3.63) is 11.6 Å². The van der Waals surface area contributed by atoms with Crippen LogP contribution in [-0.4, -0.2) is 12.6 Å². The Morgan fingerprint density at radius 2 is 2.06 bits per heavy atom. The molecule has 1 heterocycles. The molecule has 0 bridgehead atoms. The van der Waals surface area contributed by atoms with Crippen LogP contribution in [0.5, 0.6) is 0 Å². The predicted molar refractivity (Wildman–Crippen MR) is 66.4 cm³/mol. The molecule has 2 heteroatoms. The maximum Gasteiger partial charge on any atom is 0.334 e. The average molecular weight is 234 g/mol. The van der Waals surface area contributed by atoms with Crippen molar-refractivity contribution in [2.24, 2.45) is 22.7 Å². The molecule has 0 spiro atoms. The van der Waals surface area contributed by atoms with E-state index >= 15 is 0 Å². The summed E-state index contributed by atoms with van der Waals surface area (Å²) in [4.78, 5) is 11.7. The maximum absolute atomic E-state index is 11.7. The highest BCUT2D eigenvalue weighted by molar-refractivity contribution is 5.91. The van der Waals surface area contributed by atoms with E-state index in [-0.39, 0.29) is 11.4 Å². The number of ether oxygens (including phenoxy) is 1. The van der Waals surface area contributed by atoms with Gasteiger partial charge in [-0.1, -0.05) is 33.3 Å². The summed E-state index contributed by atoms with van der Waals surface area (Å²) in [7, 11) is 0. The molecule has 2 aliphatic carbocycles. The van der Waals surface area contributed by atoms with Crippen molar-refractivity contribution in [1.29, 1.82) is 0 Å². The Morgan fingerprint density at radius 1 is 1.29 bits per heavy atom. The Bertz CT molecular complexity index is 394. The number of esters is 1. The van der Waals surface area contributed by atoms with Crippen molar-refractivity contribution in [1.82, 2.24) is 0 Å². The summed E-state index contributed by atoms with van der Waals surface area (Å²) in [5, 5.41) is 0. The quantitative estimate of drug-likeness (QED) is 0.601. The fourth-order valence-corrected chi connectivity index (χ4v) is 4.66. The van der Waals surface area contributed by atoms with Gasteiger partial charge in [0.05, 0.1) is 6.61 Å². The van der Waals surface area contributed by atoms with Crippen molar-refractivity contribution in [2.45, 2.75) is 46.5 Å². The fourth-order valence-electron chi connectivity index (χ4n) is 4.66. The van der Waals surface area contributed by atoms with Crippen molar-refractivity contribution in [2.75, 3.05) is 6.61 Å². The summed E-state index contributed by atoms with van der Waals surface area (Å²) >= 11 is 0. The SMILES string of the molecule is CC1(C)CCC[C@]2(C)C3COC(=O)C3=CC[C@@H]12. The van der Waals surface area contributed by atoms with Gasteiger partial charge in [0.2, 0.25) is 0 Å². The Balaban J connectivity index is 2.03. The lowest BCUT2D eigenvalue weighted by Crippen LogP contribution is -2.48. The average Bonchev–Trinajstić information content (AvgIpc) is 2.60. The molecular weight excluding hydrogens is 212 g/mol. The second-order valence-electron chi connectivity index (χ2n) is 6.95. The van der Waals surface area contributed by atoms with E-state index in [4.69, 9.17) is 4.74 Å². The van der Waals surface area contributed by atoms with Crippen LogP contribution in [0.1, 0.15) is 46.5 Å². The van der Waals surface area contributed by atoms with Crippen LogP contribution in [0, 0.1) is 22.7 Å². The zero-order chi connectivity index (χ0) is 12.3. The van der Waals surface area contributed by atoms with Gasteiger partial charge in [-0.3, -0.25) is 0 Å². The number of hydrogen-bond acceptors (Lipinski definition) is 2. The molecule has 3 atom stereocenters. The second-order valence-corrected chi connectivity index (χ2v) is 6.95. The largest absolute Gasteiger partial charge is 0.462 e. The van der Waals surface area contributed by atoms with E-state index in [0.29, 0.717) is 23.9 Å². The predicted octanol–water partition coefficient (Wildman–Crippen LogP) is 3.32. The summed E-state index contributed by atoms with van der Waals surface area (Å²) in [5.74, 6) is 0.998. The minimum atomic E-state index is -0.0574. The molecular formula is C15H22O2. The van der Waals surface area contributed by atoms with Crippen LogP contribution < -0.4 is 0 Å². The number of fused-ring (bicyclic) bond motifs is 3. The van der Waals surface area contributed by atoms with Crippen molar-refractivity contribution >= 4 is 5.97 Å². The van der Waals surface area contributed by atoms with Gasteiger partial charge >= 0.3 is 5.97 Å². The van der Waals surface area contributed by atoms with E-state index in [1.165, 1.54) is 19.3 Å². The Morgan fingerprint density at radius 3 is 2.82 bits per heavy atom. The monoisotopic (exact) mass is 234 g/mol. The molecule has 0 N–H and O–H groups in total. The van der Waals surface area contributed by atoms with Crippen LogP contribution in [0.4, 0.5) is 0 Å². The van der Waals surface area contributed by atoms with Crippen molar-refractivity contribution in [3.63, 3.8) is 0 Å². The summed E-state index contributed by atoms with van der Waals surface area (Å²) in [6.45, 7) is 7.79. The summed E-state index contributed by atoms with van der Waals surface area (Å²) < 4.78 is 5.28. The van der Waals surface area contributed by atoms with Crippen molar-refractivity contribution < 1.29 is 9.53 Å². The zero-order valence-electron chi connectivity index (χ0n) is 11.1. The van der Waals surface area contributed by atoms with Gasteiger partial charge in [0.25, 0.3) is 0 Å². The van der Waals surface area contributed by atoms with Crippen LogP contribution in [0.25, 0.3) is 0 Å². The third-order valence-electron chi connectivity index (χ3n) is 5.64. The number of cyclic esters (lactones) is 1. The lowest BCUT2D eigenvalue weighted by molar-refractivity contribution is -0.135. The van der Waals surface area contributed by atoms with Gasteiger partial charge in [0.1, 0.15) is 0 Å². The van der Waals surface area contributed by atoms with Crippen LogP contribution in [0.3, 0.4) is 0 Å². The Kier molecular flexibility index (Phi) is 2.24. The molecule has 17 heavy (non-hydrogen) atoms. The molecule has 3 aliphatic rings. The van der Waals surface area contributed by atoms with Crippen LogP contribution in [0.15, 0.2) is 11.6 Å². The van der Waals surface area contributed by atoms with Gasteiger partial charge in [-0.05, 0) is 36.0 Å². The van der Waals surface area contributed by atoms with Crippen LogP contribution >= 0.6 is 0 Å². The Hall–Kier alpha value is -0.790. The summed E-state index contributed by atoms with van der Waals surface area (Å²) in [5.41, 5.74) is 1.65. The lowest BCUT2D eigenvalue weighted by Gasteiger charge is -2.55. The third kappa shape index (κ3) is 1.42. The van der Waals surface area contributed by atoms with Gasteiger partial charge < -0.3 is 4.74 Å². The molecule has 2 nitrogen and oxygen atoms in total. The van der Waals surface area contributed by atoms with Gasteiger partial charge in [-0.2, -0.15) is 0 Å². The van der Waals surface area contributed by atoms with Gasteiger partial charge in [-0.25, -0.2) is 4.79 Å². The molecule has 0 radical (unpaired) electrons. The standard InChI is InChI=1S/C15H22O2/c1-14(2)7-4-8-15(3)11-9-17-13(16)10(11)5-6-12(14)15/h5,11-12H,4,6-9H2,1-3H3/t11?,12-,15+/m0/s1. The molecule has 2 fully saturated rings. The molecule has 0 aromatic heterocycles. The summed E-state index contributed by atoms with van der Waals surface area (Å²) in [6, 6.07) is 0. The smallest absolute Gasteiger partial charge is 0.334 e. The van der Waals surface area contributed by atoms with Gasteiger partial charge in [0.15, 0.2) is 0 Å². The molecule has 3 rings (SSSR count). The number of carbonyl (C=O) groups is 1. The first kappa shape index (κ1) is 11.3. The normalized spacial score (nSPS) is 43.5. The molecule has 1 unspecified atom stereocenters. The topological polar surface area (TPSA) is 26.3 Å². The first-order valence-electron chi connectivity index (χ1n) is 6.82. The number of allylic oxidation sites excluding steroid dienone is 1. The van der Waals surface area contributed by atoms with E-state index in [1.54, 1.807) is 0 Å².